The lowest BCUT2D eigenvalue weighted by Crippen LogP contribution is -2.38. The van der Waals surface area contributed by atoms with Crippen LogP contribution in [0.5, 0.6) is 11.5 Å². The van der Waals surface area contributed by atoms with Gasteiger partial charge in [0.1, 0.15) is 24.2 Å². The molecule has 4 N–H and O–H groups in total. The summed E-state index contributed by atoms with van der Waals surface area (Å²) in [6.07, 6.45) is -6.66. The van der Waals surface area contributed by atoms with E-state index in [1.54, 1.807) is 24.3 Å². The van der Waals surface area contributed by atoms with Crippen molar-refractivity contribution in [2.45, 2.75) is 25.1 Å². The molecule has 0 radical (unpaired) electrons. The molecule has 16 heteroatoms. The fourth-order valence-corrected chi connectivity index (χ4v) is 4.61. The van der Waals surface area contributed by atoms with Crippen LogP contribution in [0.4, 0.5) is 22.4 Å². The van der Waals surface area contributed by atoms with Crippen LogP contribution in [0.3, 0.4) is 0 Å². The Labute approximate surface area is 279 Å². The minimum absolute atomic E-state index is 0.0169. The van der Waals surface area contributed by atoms with Gasteiger partial charge in [0, 0.05) is 25.3 Å². The molecule has 2 aromatic rings. The number of ether oxygens (including phenoxy) is 5. The van der Waals surface area contributed by atoms with Crippen LogP contribution in [-0.2, 0) is 23.8 Å². The number of allylic oxidation sites excluding steroid dienone is 2. The number of nitrogens with one attached hydrogen (secondary N) is 3. The Morgan fingerprint density at radius 2 is 1.65 bits per heavy atom. The number of aliphatic hydroxyl groups excluding tert-OH is 1. The van der Waals surface area contributed by atoms with Crippen LogP contribution in [0.25, 0.3) is 0 Å². The molecular formula is C33H35F4N3O9. The van der Waals surface area contributed by atoms with Crippen molar-refractivity contribution in [3.8, 4) is 23.3 Å². The molecule has 0 aliphatic carbocycles. The third-order valence-corrected chi connectivity index (χ3v) is 6.78. The number of dihydropyridines is 1. The van der Waals surface area contributed by atoms with Gasteiger partial charge in [-0.2, -0.15) is 13.2 Å². The van der Waals surface area contributed by atoms with Gasteiger partial charge >= 0.3 is 24.2 Å². The summed E-state index contributed by atoms with van der Waals surface area (Å²) in [5.41, 5.74) is -3.20. The number of methoxy groups -OCH3 is 2. The standard InChI is InChI=1S/C33H35F4N3O9/c1-20-26(27(21-9-8-10-22(34)17-21)28(30(42)46-3)29(40-20)33(35,36)37)31(43)47-15-6-7-16-48-32(44)39-14-13-38-18-23(41)19-49-25-12-5-4-11-24(25)45-2/h4-5,8-12,17,23,27,38,40-41H,13-16,18-19H2,1-3H3,(H,39,44). The number of rotatable bonds is 14. The molecular weight excluding hydrogens is 658 g/mol. The van der Waals surface area contributed by atoms with Crippen LogP contribution in [0.1, 0.15) is 18.4 Å². The molecule has 1 amide bonds. The van der Waals surface area contributed by atoms with Gasteiger partial charge in [-0.3, -0.25) is 0 Å². The van der Waals surface area contributed by atoms with Gasteiger partial charge in [-0.05, 0) is 36.8 Å². The van der Waals surface area contributed by atoms with Crippen molar-refractivity contribution in [3.63, 3.8) is 0 Å². The van der Waals surface area contributed by atoms with Crippen molar-refractivity contribution in [3.05, 3.63) is 82.5 Å². The summed E-state index contributed by atoms with van der Waals surface area (Å²) < 4.78 is 81.3. The Kier molecular flexibility index (Phi) is 14.3. The van der Waals surface area contributed by atoms with E-state index in [2.05, 4.69) is 27.2 Å². The van der Waals surface area contributed by atoms with E-state index >= 15 is 0 Å². The molecule has 264 valence electrons. The highest BCUT2D eigenvalue weighted by molar-refractivity contribution is 6.00. The second kappa shape index (κ2) is 18.3. The van der Waals surface area contributed by atoms with Gasteiger partial charge in [-0.25, -0.2) is 18.8 Å². The first-order valence-corrected chi connectivity index (χ1v) is 14.7. The summed E-state index contributed by atoms with van der Waals surface area (Å²) in [4.78, 5) is 37.6. The summed E-state index contributed by atoms with van der Waals surface area (Å²) in [7, 11) is 2.38. The summed E-state index contributed by atoms with van der Waals surface area (Å²) >= 11 is 0. The molecule has 0 bridgehead atoms. The average Bonchev–Trinajstić information content (AvgIpc) is 3.07. The first-order valence-electron chi connectivity index (χ1n) is 14.7. The van der Waals surface area contributed by atoms with Crippen LogP contribution in [0.15, 0.2) is 71.1 Å². The van der Waals surface area contributed by atoms with Crippen LogP contribution in [-0.4, -0.2) is 89.1 Å². The van der Waals surface area contributed by atoms with Gasteiger partial charge in [0.05, 0.1) is 31.3 Å². The molecule has 0 saturated heterocycles. The third kappa shape index (κ3) is 11.2. The van der Waals surface area contributed by atoms with E-state index in [-0.39, 0.29) is 43.1 Å². The smallest absolute Gasteiger partial charge is 0.431 e. The Morgan fingerprint density at radius 1 is 0.959 bits per heavy atom. The lowest BCUT2D eigenvalue weighted by molar-refractivity contribution is -0.139. The Bertz CT molecular complexity index is 1620. The molecule has 2 unspecified atom stereocenters. The predicted molar refractivity (Wildman–Crippen MR) is 166 cm³/mol. The van der Waals surface area contributed by atoms with Gasteiger partial charge < -0.3 is 44.7 Å². The number of amides is 1. The van der Waals surface area contributed by atoms with Gasteiger partial charge in [0.2, 0.25) is 0 Å². The molecule has 0 aromatic heterocycles. The fraction of sp³-hybridized carbons (Fsp3) is 0.364. The van der Waals surface area contributed by atoms with E-state index in [4.69, 9.17) is 18.9 Å². The number of hydrogen-bond acceptors (Lipinski definition) is 11. The zero-order valence-electron chi connectivity index (χ0n) is 26.7. The van der Waals surface area contributed by atoms with Crippen molar-refractivity contribution in [1.29, 1.82) is 0 Å². The van der Waals surface area contributed by atoms with Gasteiger partial charge in [-0.15, -0.1) is 0 Å². The monoisotopic (exact) mass is 693 g/mol. The quantitative estimate of drug-likeness (QED) is 0.0760. The SMILES string of the molecule is COC(=O)C1=C(C(F)(F)F)NC(C)=C(C(=O)OCC#CCOC(=O)NCCNCC(O)COc2ccccc2OC)C1c1cccc(F)c1. The summed E-state index contributed by atoms with van der Waals surface area (Å²) in [6.45, 7) is 0.925. The molecule has 2 atom stereocenters. The number of esters is 2. The van der Waals surface area contributed by atoms with E-state index in [0.29, 0.717) is 18.0 Å². The number of carbonyl (C=O) groups excluding carboxylic acids is 3. The Morgan fingerprint density at radius 3 is 2.31 bits per heavy atom. The molecule has 1 aliphatic heterocycles. The van der Waals surface area contributed by atoms with Gasteiger partial charge in [0.25, 0.3) is 0 Å². The number of alkyl carbamates (subject to hydrolysis) is 1. The van der Waals surface area contributed by atoms with Crippen molar-refractivity contribution in [2.24, 2.45) is 0 Å². The molecule has 12 nitrogen and oxygen atoms in total. The summed E-state index contributed by atoms with van der Waals surface area (Å²) in [5, 5.41) is 17.6. The second-order valence-corrected chi connectivity index (χ2v) is 10.2. The molecule has 49 heavy (non-hydrogen) atoms. The van der Waals surface area contributed by atoms with Crippen molar-refractivity contribution in [2.75, 3.05) is 53.7 Å². The van der Waals surface area contributed by atoms with E-state index in [1.807, 2.05) is 5.32 Å². The minimum atomic E-state index is -5.05. The zero-order valence-corrected chi connectivity index (χ0v) is 26.7. The van der Waals surface area contributed by atoms with Crippen molar-refractivity contribution < 1.29 is 60.7 Å². The normalized spacial score (nSPS) is 14.9. The number of benzene rings is 2. The third-order valence-electron chi connectivity index (χ3n) is 6.78. The highest BCUT2D eigenvalue weighted by Gasteiger charge is 2.47. The maximum atomic E-state index is 14.1. The van der Waals surface area contributed by atoms with E-state index < -0.39 is 59.9 Å². The van der Waals surface area contributed by atoms with Crippen LogP contribution >= 0.6 is 0 Å². The molecule has 3 rings (SSSR count). The van der Waals surface area contributed by atoms with Crippen LogP contribution < -0.4 is 25.4 Å². The zero-order chi connectivity index (χ0) is 36.0. The molecule has 1 aliphatic rings. The Hall–Kier alpha value is -5.27. The largest absolute Gasteiger partial charge is 0.493 e. The molecule has 0 spiro atoms. The van der Waals surface area contributed by atoms with Crippen molar-refractivity contribution >= 4 is 18.0 Å². The first-order chi connectivity index (χ1) is 23.4. The fourth-order valence-electron chi connectivity index (χ4n) is 4.61. The molecule has 0 saturated carbocycles. The highest BCUT2D eigenvalue weighted by Crippen LogP contribution is 2.43. The second-order valence-electron chi connectivity index (χ2n) is 10.2. The maximum Gasteiger partial charge on any atom is 0.431 e. The molecule has 2 aromatic carbocycles. The maximum absolute atomic E-state index is 14.1. The van der Waals surface area contributed by atoms with Crippen LogP contribution in [0, 0.1) is 17.7 Å². The topological polar surface area (TPSA) is 154 Å². The van der Waals surface area contributed by atoms with Gasteiger partial charge in [0.15, 0.2) is 24.7 Å². The summed E-state index contributed by atoms with van der Waals surface area (Å²) in [6, 6.07) is 11.4. The van der Waals surface area contributed by atoms with E-state index in [9.17, 15) is 37.1 Å². The predicted octanol–water partition coefficient (Wildman–Crippen LogP) is 3.09. The summed E-state index contributed by atoms with van der Waals surface area (Å²) in [5.74, 6) is 0.928. The van der Waals surface area contributed by atoms with Crippen LogP contribution in [0.2, 0.25) is 0 Å². The minimum Gasteiger partial charge on any atom is -0.493 e. The number of aliphatic hydroxyl groups is 1. The first kappa shape index (κ1) is 38.2. The van der Waals surface area contributed by atoms with Gasteiger partial charge in [-0.1, -0.05) is 36.1 Å². The number of para-hydroxylation sites is 2. The van der Waals surface area contributed by atoms with E-state index in [0.717, 1.165) is 19.2 Å². The number of carbonyl (C=O) groups is 3. The highest BCUT2D eigenvalue weighted by atomic mass is 19.4. The average molecular weight is 694 g/mol. The van der Waals surface area contributed by atoms with Crippen molar-refractivity contribution in [1.82, 2.24) is 16.0 Å². The Balaban J connectivity index is 1.47. The number of halogens is 4. The molecule has 0 fully saturated rings. The number of alkyl halides is 3. The number of hydrogen-bond donors (Lipinski definition) is 4. The lowest BCUT2D eigenvalue weighted by atomic mass is 9.80. The van der Waals surface area contributed by atoms with E-state index in [1.165, 1.54) is 26.2 Å². The molecule has 1 heterocycles. The lowest BCUT2D eigenvalue weighted by Gasteiger charge is -2.31.